The van der Waals surface area contributed by atoms with Gasteiger partial charge in [-0.1, -0.05) is 20.3 Å². The number of rotatable bonds is 4. The summed E-state index contributed by atoms with van der Waals surface area (Å²) in [6.07, 6.45) is 3.01. The van der Waals surface area contributed by atoms with Crippen LogP contribution in [0.25, 0.3) is 0 Å². The first-order chi connectivity index (χ1) is 6.52. The molecule has 3 nitrogen and oxygen atoms in total. The molecule has 1 aliphatic carbocycles. The van der Waals surface area contributed by atoms with Crippen LogP contribution >= 0.6 is 0 Å². The minimum absolute atomic E-state index is 0.0138. The second-order valence-electron chi connectivity index (χ2n) is 4.41. The minimum Gasteiger partial charge on any atom is -0.469 e. The van der Waals surface area contributed by atoms with E-state index in [0.29, 0.717) is 0 Å². The molecule has 1 aliphatic rings. The molecular weight excluding hydrogens is 180 g/mol. The average molecular weight is 198 g/mol. The van der Waals surface area contributed by atoms with Gasteiger partial charge >= 0.3 is 5.97 Å². The van der Waals surface area contributed by atoms with Gasteiger partial charge in [-0.25, -0.2) is 0 Å². The van der Waals surface area contributed by atoms with Crippen LogP contribution in [0, 0.1) is 11.3 Å². The Balaban J connectivity index is 2.67. The van der Waals surface area contributed by atoms with Crippen molar-refractivity contribution < 1.29 is 14.3 Å². The van der Waals surface area contributed by atoms with E-state index in [9.17, 15) is 9.59 Å². The molecule has 14 heavy (non-hydrogen) atoms. The fourth-order valence-electron chi connectivity index (χ4n) is 2.07. The molecule has 0 aromatic carbocycles. The maximum atomic E-state index is 11.9. The third-order valence-electron chi connectivity index (χ3n) is 3.07. The lowest BCUT2D eigenvalue weighted by Crippen LogP contribution is -2.42. The first-order valence-electron chi connectivity index (χ1n) is 5.13. The molecule has 0 aromatic rings. The van der Waals surface area contributed by atoms with Crippen LogP contribution in [0.2, 0.25) is 0 Å². The van der Waals surface area contributed by atoms with Gasteiger partial charge in [0.15, 0.2) is 0 Å². The normalized spacial score (nSPS) is 18.9. The Bertz CT molecular complexity index is 239. The number of ketones is 1. The Hall–Kier alpha value is -0.860. The van der Waals surface area contributed by atoms with Gasteiger partial charge in [0.05, 0.1) is 13.5 Å². The highest BCUT2D eigenvalue weighted by molar-refractivity contribution is 5.91. The smallest absolute Gasteiger partial charge is 0.306 e. The van der Waals surface area contributed by atoms with Gasteiger partial charge in [0.2, 0.25) is 0 Å². The van der Waals surface area contributed by atoms with Crippen molar-refractivity contribution in [3.8, 4) is 0 Å². The Kier molecular flexibility index (Phi) is 3.29. The Morgan fingerprint density at radius 2 is 1.93 bits per heavy atom. The van der Waals surface area contributed by atoms with Crippen molar-refractivity contribution in [2.45, 2.75) is 39.5 Å². The van der Waals surface area contributed by atoms with Gasteiger partial charge in [0.1, 0.15) is 5.78 Å². The fraction of sp³-hybridized carbons (Fsp3) is 0.818. The third kappa shape index (κ3) is 1.97. The highest BCUT2D eigenvalue weighted by Gasteiger charge is 2.46. The van der Waals surface area contributed by atoms with Crippen LogP contribution in [-0.2, 0) is 14.3 Å². The number of esters is 1. The molecule has 0 amide bonds. The Labute approximate surface area is 84.8 Å². The van der Waals surface area contributed by atoms with E-state index in [-0.39, 0.29) is 29.5 Å². The maximum Gasteiger partial charge on any atom is 0.306 e. The SMILES string of the molecule is COC(=O)CC1(C(=O)C(C)C)CCC1. The zero-order valence-corrected chi connectivity index (χ0v) is 9.13. The summed E-state index contributed by atoms with van der Waals surface area (Å²) in [5.74, 6) is -0.0344. The van der Waals surface area contributed by atoms with Crippen molar-refractivity contribution in [3.63, 3.8) is 0 Å². The highest BCUT2D eigenvalue weighted by atomic mass is 16.5. The summed E-state index contributed by atoms with van der Waals surface area (Å²) in [7, 11) is 1.37. The summed E-state index contributed by atoms with van der Waals surface area (Å²) >= 11 is 0. The zero-order valence-electron chi connectivity index (χ0n) is 9.13. The summed E-state index contributed by atoms with van der Waals surface area (Å²) in [4.78, 5) is 23.1. The van der Waals surface area contributed by atoms with Crippen molar-refractivity contribution >= 4 is 11.8 Å². The number of methoxy groups -OCH3 is 1. The van der Waals surface area contributed by atoms with Gasteiger partial charge in [-0.05, 0) is 12.8 Å². The van der Waals surface area contributed by atoms with E-state index in [2.05, 4.69) is 4.74 Å². The lowest BCUT2D eigenvalue weighted by atomic mass is 9.62. The number of hydrogen-bond acceptors (Lipinski definition) is 3. The summed E-state index contributed by atoms with van der Waals surface area (Å²) in [5, 5.41) is 0. The first kappa shape index (κ1) is 11.2. The number of hydrogen-bond donors (Lipinski definition) is 0. The van der Waals surface area contributed by atoms with Gasteiger partial charge < -0.3 is 4.74 Å². The molecule has 0 aliphatic heterocycles. The Morgan fingerprint density at radius 1 is 1.36 bits per heavy atom. The van der Waals surface area contributed by atoms with E-state index in [0.717, 1.165) is 19.3 Å². The predicted octanol–water partition coefficient (Wildman–Crippen LogP) is 1.94. The molecule has 0 atom stereocenters. The second kappa shape index (κ2) is 4.11. The summed E-state index contributed by atoms with van der Waals surface area (Å²) in [6.45, 7) is 3.78. The van der Waals surface area contributed by atoms with E-state index in [4.69, 9.17) is 0 Å². The molecule has 80 valence electrons. The molecule has 1 rings (SSSR count). The number of carbonyl (C=O) groups excluding carboxylic acids is 2. The molecule has 0 unspecified atom stereocenters. The summed E-state index contributed by atoms with van der Waals surface area (Å²) in [5.41, 5.74) is -0.388. The number of carbonyl (C=O) groups is 2. The molecule has 0 N–H and O–H groups in total. The molecule has 3 heteroatoms. The zero-order chi connectivity index (χ0) is 10.8. The molecule has 0 radical (unpaired) electrons. The Morgan fingerprint density at radius 3 is 2.21 bits per heavy atom. The van der Waals surface area contributed by atoms with Crippen molar-refractivity contribution in [2.75, 3.05) is 7.11 Å². The first-order valence-corrected chi connectivity index (χ1v) is 5.13. The van der Waals surface area contributed by atoms with Gasteiger partial charge in [-0.15, -0.1) is 0 Å². The van der Waals surface area contributed by atoms with E-state index in [1.54, 1.807) is 0 Å². The van der Waals surface area contributed by atoms with Crippen LogP contribution in [0.15, 0.2) is 0 Å². The van der Waals surface area contributed by atoms with Crippen LogP contribution in [0.1, 0.15) is 39.5 Å². The molecule has 1 fully saturated rings. The molecule has 0 aromatic heterocycles. The van der Waals surface area contributed by atoms with Crippen molar-refractivity contribution in [2.24, 2.45) is 11.3 Å². The van der Waals surface area contributed by atoms with Crippen LogP contribution in [0.4, 0.5) is 0 Å². The molecule has 0 bridgehead atoms. The summed E-state index contributed by atoms with van der Waals surface area (Å²) in [6, 6.07) is 0. The van der Waals surface area contributed by atoms with Crippen LogP contribution in [0.5, 0.6) is 0 Å². The monoisotopic (exact) mass is 198 g/mol. The van der Waals surface area contributed by atoms with Crippen molar-refractivity contribution in [1.82, 2.24) is 0 Å². The average Bonchev–Trinajstić information content (AvgIpc) is 2.09. The van der Waals surface area contributed by atoms with E-state index >= 15 is 0 Å². The van der Waals surface area contributed by atoms with E-state index < -0.39 is 0 Å². The van der Waals surface area contributed by atoms with Crippen molar-refractivity contribution in [3.05, 3.63) is 0 Å². The standard InChI is InChI=1S/C11H18O3/c1-8(2)10(13)11(5-4-6-11)7-9(12)14-3/h8H,4-7H2,1-3H3. The van der Waals surface area contributed by atoms with Gasteiger partial charge in [-0.2, -0.15) is 0 Å². The minimum atomic E-state index is -0.388. The molecular formula is C11H18O3. The summed E-state index contributed by atoms with van der Waals surface area (Å²) < 4.78 is 4.62. The van der Waals surface area contributed by atoms with E-state index in [1.165, 1.54) is 7.11 Å². The lowest BCUT2D eigenvalue weighted by Gasteiger charge is -2.40. The van der Waals surface area contributed by atoms with Crippen molar-refractivity contribution in [1.29, 1.82) is 0 Å². The molecule has 0 saturated heterocycles. The topological polar surface area (TPSA) is 43.4 Å². The van der Waals surface area contributed by atoms with Gasteiger partial charge in [0, 0.05) is 11.3 Å². The number of Topliss-reactive ketones (excluding diaryl/α,β-unsaturated/α-hetero) is 1. The highest BCUT2D eigenvalue weighted by Crippen LogP contribution is 2.46. The predicted molar refractivity (Wildman–Crippen MR) is 52.8 cm³/mol. The lowest BCUT2D eigenvalue weighted by molar-refractivity contribution is -0.152. The quantitative estimate of drug-likeness (QED) is 0.648. The fourth-order valence-corrected chi connectivity index (χ4v) is 2.07. The largest absolute Gasteiger partial charge is 0.469 e. The van der Waals surface area contributed by atoms with Crippen LogP contribution < -0.4 is 0 Å². The second-order valence-corrected chi connectivity index (χ2v) is 4.41. The van der Waals surface area contributed by atoms with Crippen LogP contribution in [-0.4, -0.2) is 18.9 Å². The molecule has 0 spiro atoms. The van der Waals surface area contributed by atoms with E-state index in [1.807, 2.05) is 13.8 Å². The maximum absolute atomic E-state index is 11.9. The molecule has 1 saturated carbocycles. The third-order valence-corrected chi connectivity index (χ3v) is 3.07. The van der Waals surface area contributed by atoms with Gasteiger partial charge in [-0.3, -0.25) is 9.59 Å². The van der Waals surface area contributed by atoms with Crippen LogP contribution in [0.3, 0.4) is 0 Å². The molecule has 0 heterocycles. The van der Waals surface area contributed by atoms with Gasteiger partial charge in [0.25, 0.3) is 0 Å². The number of ether oxygens (including phenoxy) is 1.